The Labute approximate surface area is 250 Å². The molecule has 2 aliphatic heterocycles. The number of benzene rings is 2. The molecule has 2 fully saturated rings. The van der Waals surface area contributed by atoms with Crippen LogP contribution in [0, 0.1) is 5.92 Å². The quantitative estimate of drug-likeness (QED) is 0.306. The zero-order valence-corrected chi connectivity index (χ0v) is 24.1. The summed E-state index contributed by atoms with van der Waals surface area (Å²) in [6.45, 7) is 1.99. The highest BCUT2D eigenvalue weighted by atomic mass is 32.2. The number of aliphatic hydroxyl groups is 1. The molecule has 14 heteroatoms. The van der Waals surface area contributed by atoms with Gasteiger partial charge in [0.25, 0.3) is 0 Å². The minimum atomic E-state index is -5.02. The molecule has 2 saturated heterocycles. The normalized spacial score (nSPS) is 24.2. The Morgan fingerprint density at radius 2 is 1.79 bits per heavy atom. The third-order valence-corrected chi connectivity index (χ3v) is 8.64. The summed E-state index contributed by atoms with van der Waals surface area (Å²) in [4.78, 5) is 29.1. The Morgan fingerprint density at radius 1 is 1.09 bits per heavy atom. The highest BCUT2D eigenvalue weighted by Gasteiger charge is 2.47. The van der Waals surface area contributed by atoms with Crippen LogP contribution in [0.4, 0.5) is 13.2 Å². The fourth-order valence-corrected chi connectivity index (χ4v) is 6.22. The molecule has 2 amide bonds. The van der Waals surface area contributed by atoms with E-state index in [0.29, 0.717) is 22.2 Å². The summed E-state index contributed by atoms with van der Waals surface area (Å²) in [6, 6.07) is 13.7. The van der Waals surface area contributed by atoms with E-state index in [-0.39, 0.29) is 44.2 Å². The van der Waals surface area contributed by atoms with Gasteiger partial charge in [0, 0.05) is 30.3 Å². The second-order valence-electron chi connectivity index (χ2n) is 10.5. The Balaban J connectivity index is 1.25. The van der Waals surface area contributed by atoms with E-state index < -0.39 is 30.3 Å². The van der Waals surface area contributed by atoms with Gasteiger partial charge in [-0.2, -0.15) is 18.3 Å². The van der Waals surface area contributed by atoms with Crippen molar-refractivity contribution in [2.75, 3.05) is 12.3 Å². The van der Waals surface area contributed by atoms with E-state index in [1.54, 1.807) is 12.1 Å². The first-order valence-corrected chi connectivity index (χ1v) is 14.9. The van der Waals surface area contributed by atoms with Crippen LogP contribution < -0.4 is 5.32 Å². The van der Waals surface area contributed by atoms with Crippen LogP contribution in [0.5, 0.6) is 0 Å². The van der Waals surface area contributed by atoms with Gasteiger partial charge < -0.3 is 24.8 Å². The van der Waals surface area contributed by atoms with Gasteiger partial charge in [0.05, 0.1) is 18.8 Å². The molecule has 43 heavy (non-hydrogen) atoms. The van der Waals surface area contributed by atoms with Crippen LogP contribution in [0.25, 0.3) is 0 Å². The van der Waals surface area contributed by atoms with E-state index in [4.69, 9.17) is 9.47 Å². The van der Waals surface area contributed by atoms with E-state index >= 15 is 0 Å². The predicted molar refractivity (Wildman–Crippen MR) is 149 cm³/mol. The number of thioether (sulfide) groups is 1. The standard InChI is InChI=1S/C29H32F3N5O5S/c1-17-23(15-43-28-34-16-35-36-28)41-26(42-24(17)20-8-6-19(14-38)7-9-20)21-10-4-18(5-11-21)13-33-25(39)22-3-2-12-37(22)27(40)29(30,31)32/h4-11,16-17,22-24,26,38H,2-3,12-15H2,1H3,(H,33,39)(H,34,35,36)/t17-,22-,23+,24+,26+/m0/s1. The van der Waals surface area contributed by atoms with Gasteiger partial charge >= 0.3 is 12.1 Å². The number of likely N-dealkylation sites (tertiary alicyclic amines) is 1. The molecular formula is C29H32F3N5O5S. The number of carbonyl (C=O) groups excluding carboxylic acids is 2. The van der Waals surface area contributed by atoms with Gasteiger partial charge in [-0.25, -0.2) is 4.98 Å². The second kappa shape index (κ2) is 13.5. The van der Waals surface area contributed by atoms with Gasteiger partial charge in [-0.1, -0.05) is 67.2 Å². The third kappa shape index (κ3) is 7.37. The highest BCUT2D eigenvalue weighted by molar-refractivity contribution is 7.99. The van der Waals surface area contributed by atoms with Crippen molar-refractivity contribution < 1.29 is 37.3 Å². The topological polar surface area (TPSA) is 130 Å². The van der Waals surface area contributed by atoms with Crippen LogP contribution in [-0.4, -0.2) is 67.6 Å². The number of hydrogen-bond acceptors (Lipinski definition) is 8. The molecule has 10 nitrogen and oxygen atoms in total. The van der Waals surface area contributed by atoms with Crippen molar-refractivity contribution in [1.29, 1.82) is 0 Å². The number of aromatic nitrogens is 3. The van der Waals surface area contributed by atoms with Crippen LogP contribution in [-0.2, 0) is 32.2 Å². The summed E-state index contributed by atoms with van der Waals surface area (Å²) in [5, 5.41) is 19.5. The fourth-order valence-electron chi connectivity index (χ4n) is 5.28. The van der Waals surface area contributed by atoms with Crippen LogP contribution in [0.1, 0.15) is 54.4 Å². The van der Waals surface area contributed by atoms with Crippen molar-refractivity contribution in [1.82, 2.24) is 25.4 Å². The summed E-state index contributed by atoms with van der Waals surface area (Å²) in [5.41, 5.74) is 3.23. The highest BCUT2D eigenvalue weighted by Crippen LogP contribution is 2.42. The number of aliphatic hydroxyl groups excluding tert-OH is 1. The maximum Gasteiger partial charge on any atom is 0.471 e. The average molecular weight is 620 g/mol. The molecule has 3 N–H and O–H groups in total. The van der Waals surface area contributed by atoms with Gasteiger partial charge in [0.1, 0.15) is 12.4 Å². The lowest BCUT2D eigenvalue weighted by molar-refractivity contribution is -0.268. The van der Waals surface area contributed by atoms with Gasteiger partial charge in [-0.15, -0.1) is 0 Å². The van der Waals surface area contributed by atoms with E-state index in [1.807, 2.05) is 36.4 Å². The average Bonchev–Trinajstić information content (AvgIpc) is 3.72. The van der Waals surface area contributed by atoms with Crippen molar-refractivity contribution in [2.45, 2.75) is 68.8 Å². The summed E-state index contributed by atoms with van der Waals surface area (Å²) in [7, 11) is 0. The van der Waals surface area contributed by atoms with Gasteiger partial charge in [-0.3, -0.25) is 14.7 Å². The zero-order chi connectivity index (χ0) is 30.6. The largest absolute Gasteiger partial charge is 0.471 e. The molecule has 0 bridgehead atoms. The first kappa shape index (κ1) is 31.0. The number of amides is 2. The number of nitrogens with zero attached hydrogens (tertiary/aromatic N) is 3. The van der Waals surface area contributed by atoms with Crippen LogP contribution in [0.15, 0.2) is 60.0 Å². The first-order chi connectivity index (χ1) is 20.6. The summed E-state index contributed by atoms with van der Waals surface area (Å²) >= 11 is 1.49. The summed E-state index contributed by atoms with van der Waals surface area (Å²) in [5.74, 6) is -2.02. The van der Waals surface area contributed by atoms with Crippen LogP contribution in [0.2, 0.25) is 0 Å². The number of alkyl halides is 3. The molecule has 5 atom stereocenters. The van der Waals surface area contributed by atoms with Gasteiger partial charge in [0.2, 0.25) is 5.91 Å². The number of carbonyl (C=O) groups is 2. The Morgan fingerprint density at radius 3 is 2.44 bits per heavy atom. The van der Waals surface area contributed by atoms with E-state index in [2.05, 4.69) is 27.4 Å². The lowest BCUT2D eigenvalue weighted by Gasteiger charge is -2.41. The van der Waals surface area contributed by atoms with Crippen LogP contribution in [0.3, 0.4) is 0 Å². The molecule has 2 aromatic carbocycles. The molecule has 1 aromatic heterocycles. The number of aromatic amines is 1. The van der Waals surface area contributed by atoms with Crippen LogP contribution >= 0.6 is 11.8 Å². The van der Waals surface area contributed by atoms with Crippen molar-refractivity contribution in [3.05, 3.63) is 77.1 Å². The molecule has 0 aliphatic carbocycles. The summed E-state index contributed by atoms with van der Waals surface area (Å²) < 4.78 is 51.6. The minimum Gasteiger partial charge on any atom is -0.392 e. The minimum absolute atomic E-state index is 0.0134. The molecule has 5 rings (SSSR count). The Kier molecular flexibility index (Phi) is 9.69. The second-order valence-corrected chi connectivity index (χ2v) is 11.5. The van der Waals surface area contributed by atoms with E-state index in [1.165, 1.54) is 18.1 Å². The fraction of sp³-hybridized carbons (Fsp3) is 0.448. The Hall–Kier alpha value is -3.46. The molecule has 0 unspecified atom stereocenters. The molecule has 230 valence electrons. The third-order valence-electron chi connectivity index (χ3n) is 7.68. The number of nitrogens with one attached hydrogen (secondary N) is 2. The number of ether oxygens (including phenoxy) is 2. The lowest BCUT2D eigenvalue weighted by atomic mass is 9.91. The molecule has 2 aliphatic rings. The van der Waals surface area contributed by atoms with Crippen molar-refractivity contribution in [3.63, 3.8) is 0 Å². The van der Waals surface area contributed by atoms with E-state index in [0.717, 1.165) is 22.3 Å². The molecular weight excluding hydrogens is 587 g/mol. The first-order valence-electron chi connectivity index (χ1n) is 13.9. The molecule has 0 radical (unpaired) electrons. The number of rotatable bonds is 9. The number of halogens is 3. The van der Waals surface area contributed by atoms with Gasteiger partial charge in [0.15, 0.2) is 11.4 Å². The van der Waals surface area contributed by atoms with Crippen molar-refractivity contribution >= 4 is 23.6 Å². The van der Waals surface area contributed by atoms with E-state index in [9.17, 15) is 27.9 Å². The van der Waals surface area contributed by atoms with Crippen molar-refractivity contribution in [3.8, 4) is 0 Å². The molecule has 0 spiro atoms. The lowest BCUT2D eigenvalue weighted by Crippen LogP contribution is -2.50. The Bertz CT molecular complexity index is 1370. The number of hydrogen-bond donors (Lipinski definition) is 3. The van der Waals surface area contributed by atoms with Gasteiger partial charge in [-0.05, 0) is 29.5 Å². The maximum atomic E-state index is 12.9. The SMILES string of the molecule is C[C@H]1[C@@H](CSc2ncn[nH]2)O[C@@H](c2ccc(CNC(=O)[C@@H]3CCCN3C(=O)C(F)(F)F)cc2)O[C@H]1c1ccc(CO)cc1. The maximum absolute atomic E-state index is 12.9. The molecule has 0 saturated carbocycles. The zero-order valence-electron chi connectivity index (χ0n) is 23.3. The smallest absolute Gasteiger partial charge is 0.392 e. The summed E-state index contributed by atoms with van der Waals surface area (Å²) in [6.07, 6.45) is -4.25. The van der Waals surface area contributed by atoms with Crippen molar-refractivity contribution in [2.24, 2.45) is 5.92 Å². The number of H-pyrrole nitrogens is 1. The monoisotopic (exact) mass is 619 g/mol. The molecule has 3 aromatic rings. The predicted octanol–water partition coefficient (Wildman–Crippen LogP) is 4.05. The molecule has 3 heterocycles.